The average Bonchev–Trinajstić information content (AvgIpc) is 2.71. The maximum atomic E-state index is 12.2. The van der Waals surface area contributed by atoms with Crippen molar-refractivity contribution >= 4 is 17.7 Å². The van der Waals surface area contributed by atoms with Crippen molar-refractivity contribution in [3.63, 3.8) is 0 Å². The van der Waals surface area contributed by atoms with Crippen molar-refractivity contribution in [1.29, 1.82) is 0 Å². The summed E-state index contributed by atoms with van der Waals surface area (Å²) >= 11 is 1.94. The highest BCUT2D eigenvalue weighted by Crippen LogP contribution is 2.21. The zero-order chi connectivity index (χ0) is 19.8. The van der Waals surface area contributed by atoms with Crippen LogP contribution in [0.1, 0.15) is 36.0 Å². The molecule has 1 amide bonds. The molecule has 0 unspecified atom stereocenters. The number of amides is 1. The van der Waals surface area contributed by atoms with Crippen molar-refractivity contribution in [2.75, 3.05) is 25.4 Å². The van der Waals surface area contributed by atoms with Gasteiger partial charge in [0.1, 0.15) is 0 Å². The van der Waals surface area contributed by atoms with E-state index in [0.717, 1.165) is 44.6 Å². The lowest BCUT2D eigenvalue weighted by Gasteiger charge is -2.32. The van der Waals surface area contributed by atoms with Crippen molar-refractivity contribution in [1.82, 2.24) is 10.2 Å². The fraction of sp³-hybridized carbons (Fsp3) is 0.458. The van der Waals surface area contributed by atoms with Crippen LogP contribution in [-0.2, 0) is 11.2 Å². The van der Waals surface area contributed by atoms with Gasteiger partial charge in [0, 0.05) is 42.7 Å². The summed E-state index contributed by atoms with van der Waals surface area (Å²) in [6.45, 7) is 7.62. The zero-order valence-corrected chi connectivity index (χ0v) is 17.9. The fourth-order valence-corrected chi connectivity index (χ4v) is 4.61. The van der Waals surface area contributed by atoms with E-state index in [1.807, 2.05) is 30.0 Å². The monoisotopic (exact) mass is 396 g/mol. The molecule has 0 radical (unpaired) electrons. The summed E-state index contributed by atoms with van der Waals surface area (Å²) in [6, 6.07) is 17.3. The quantitative estimate of drug-likeness (QED) is 0.662. The van der Waals surface area contributed by atoms with Gasteiger partial charge in [-0.25, -0.2) is 0 Å². The molecule has 1 N–H and O–H groups in total. The smallest absolute Gasteiger partial charge is 0.220 e. The largest absolute Gasteiger partial charge is 0.353 e. The molecular formula is C24H32N2OS. The molecule has 0 bridgehead atoms. The van der Waals surface area contributed by atoms with Crippen molar-refractivity contribution in [2.24, 2.45) is 0 Å². The van der Waals surface area contributed by atoms with Gasteiger partial charge in [-0.15, -0.1) is 11.8 Å². The second-order valence-corrected chi connectivity index (χ2v) is 8.93. The number of hydrogen-bond donors (Lipinski definition) is 1. The first-order valence-corrected chi connectivity index (χ1v) is 11.3. The summed E-state index contributed by atoms with van der Waals surface area (Å²) in [6.07, 6.45) is 3.52. The van der Waals surface area contributed by atoms with Gasteiger partial charge in [0.2, 0.25) is 5.91 Å². The minimum Gasteiger partial charge on any atom is -0.353 e. The summed E-state index contributed by atoms with van der Waals surface area (Å²) in [5.41, 5.74) is 3.96. The van der Waals surface area contributed by atoms with E-state index in [9.17, 15) is 4.79 Å². The molecule has 2 aromatic rings. The fourth-order valence-electron chi connectivity index (χ4n) is 3.60. The molecule has 1 heterocycles. The first-order valence-electron chi connectivity index (χ1n) is 10.4. The van der Waals surface area contributed by atoms with E-state index in [0.29, 0.717) is 12.5 Å². The number of rotatable bonds is 8. The van der Waals surface area contributed by atoms with Crippen LogP contribution in [-0.4, -0.2) is 42.2 Å². The molecule has 3 nitrogen and oxygen atoms in total. The predicted octanol–water partition coefficient (Wildman–Crippen LogP) is 4.61. The van der Waals surface area contributed by atoms with Gasteiger partial charge in [-0.2, -0.15) is 0 Å². The number of aryl methyl sites for hydroxylation is 3. The molecule has 1 fully saturated rings. The number of thioether (sulfide) groups is 1. The Hall–Kier alpha value is -1.78. The number of nitrogens with zero attached hydrogens (tertiary/aromatic N) is 1. The highest BCUT2D eigenvalue weighted by molar-refractivity contribution is 7.99. The van der Waals surface area contributed by atoms with E-state index >= 15 is 0 Å². The summed E-state index contributed by atoms with van der Waals surface area (Å²) in [7, 11) is 0. The van der Waals surface area contributed by atoms with Gasteiger partial charge in [-0.3, -0.25) is 4.79 Å². The highest BCUT2D eigenvalue weighted by Gasteiger charge is 2.20. The van der Waals surface area contributed by atoms with Crippen LogP contribution in [0.15, 0.2) is 53.4 Å². The number of carbonyl (C=O) groups is 1. The Labute approximate surface area is 173 Å². The molecule has 1 aliphatic heterocycles. The van der Waals surface area contributed by atoms with Crippen LogP contribution in [0.2, 0.25) is 0 Å². The van der Waals surface area contributed by atoms with Gasteiger partial charge in [0.05, 0.1) is 0 Å². The van der Waals surface area contributed by atoms with Crippen LogP contribution >= 0.6 is 11.8 Å². The number of nitrogens with one attached hydrogen (secondary N) is 1. The molecule has 150 valence electrons. The number of benzene rings is 2. The van der Waals surface area contributed by atoms with Gasteiger partial charge in [-0.05, 0) is 61.9 Å². The molecule has 28 heavy (non-hydrogen) atoms. The van der Waals surface area contributed by atoms with Gasteiger partial charge in [0.15, 0.2) is 0 Å². The third-order valence-corrected chi connectivity index (χ3v) is 6.56. The Kier molecular flexibility index (Phi) is 7.99. The predicted molar refractivity (Wildman–Crippen MR) is 119 cm³/mol. The SMILES string of the molecule is Cc1ccc(SCCN2CCC(NC(=O)CCc3ccccc3)CC2)cc1C. The second kappa shape index (κ2) is 10.7. The van der Waals surface area contributed by atoms with Gasteiger partial charge >= 0.3 is 0 Å². The third-order valence-electron chi connectivity index (χ3n) is 5.59. The average molecular weight is 397 g/mol. The molecular weight excluding hydrogens is 364 g/mol. The van der Waals surface area contributed by atoms with Crippen LogP contribution < -0.4 is 5.32 Å². The topological polar surface area (TPSA) is 32.3 Å². The lowest BCUT2D eigenvalue weighted by atomic mass is 10.0. The molecule has 2 aromatic carbocycles. The van der Waals surface area contributed by atoms with Crippen LogP contribution in [0.4, 0.5) is 0 Å². The molecule has 3 rings (SSSR count). The maximum absolute atomic E-state index is 12.2. The van der Waals surface area contributed by atoms with Gasteiger partial charge in [-0.1, -0.05) is 36.4 Å². The van der Waals surface area contributed by atoms with Crippen molar-refractivity contribution < 1.29 is 4.79 Å². The van der Waals surface area contributed by atoms with Crippen LogP contribution in [0.25, 0.3) is 0 Å². The minimum atomic E-state index is 0.188. The van der Waals surface area contributed by atoms with E-state index in [1.165, 1.54) is 21.6 Å². The Morgan fingerprint density at radius 1 is 1.07 bits per heavy atom. The van der Waals surface area contributed by atoms with E-state index in [1.54, 1.807) is 0 Å². The maximum Gasteiger partial charge on any atom is 0.220 e. The highest BCUT2D eigenvalue weighted by atomic mass is 32.2. The van der Waals surface area contributed by atoms with Gasteiger partial charge in [0.25, 0.3) is 0 Å². The van der Waals surface area contributed by atoms with Crippen molar-refractivity contribution in [3.05, 3.63) is 65.2 Å². The van der Waals surface area contributed by atoms with E-state index in [2.05, 4.69) is 54.4 Å². The minimum absolute atomic E-state index is 0.188. The molecule has 4 heteroatoms. The van der Waals surface area contributed by atoms with Crippen LogP contribution in [0.3, 0.4) is 0 Å². The normalized spacial score (nSPS) is 15.5. The summed E-state index contributed by atoms with van der Waals surface area (Å²) in [5, 5.41) is 3.23. The standard InChI is InChI=1S/C24H32N2OS/c1-19-8-10-23(18-20(19)2)28-17-16-26-14-12-22(13-15-26)25-24(27)11-9-21-6-4-3-5-7-21/h3-8,10,18,22H,9,11-17H2,1-2H3,(H,25,27). The molecule has 0 saturated carbocycles. The third kappa shape index (κ3) is 6.68. The summed E-state index contributed by atoms with van der Waals surface area (Å²) in [4.78, 5) is 16.1. The van der Waals surface area contributed by atoms with Crippen molar-refractivity contribution in [2.45, 2.75) is 50.5 Å². The molecule has 0 aliphatic carbocycles. The van der Waals surface area contributed by atoms with Gasteiger partial charge < -0.3 is 10.2 Å². The molecule has 1 aliphatic rings. The number of piperidine rings is 1. The summed E-state index contributed by atoms with van der Waals surface area (Å²) in [5.74, 6) is 1.31. The molecule has 0 atom stereocenters. The first-order chi connectivity index (χ1) is 13.6. The zero-order valence-electron chi connectivity index (χ0n) is 17.1. The Balaban J connectivity index is 1.30. The Morgan fingerprint density at radius 2 is 1.82 bits per heavy atom. The van der Waals surface area contributed by atoms with E-state index in [4.69, 9.17) is 0 Å². The number of carbonyl (C=O) groups excluding carboxylic acids is 1. The Morgan fingerprint density at radius 3 is 2.54 bits per heavy atom. The van der Waals surface area contributed by atoms with Crippen molar-refractivity contribution in [3.8, 4) is 0 Å². The molecule has 1 saturated heterocycles. The van der Waals surface area contributed by atoms with E-state index < -0.39 is 0 Å². The number of likely N-dealkylation sites (tertiary alicyclic amines) is 1. The lowest BCUT2D eigenvalue weighted by molar-refractivity contribution is -0.122. The summed E-state index contributed by atoms with van der Waals surface area (Å²) < 4.78 is 0. The van der Waals surface area contributed by atoms with E-state index in [-0.39, 0.29) is 5.91 Å². The first kappa shape index (κ1) is 20.9. The van der Waals surface area contributed by atoms with Crippen LogP contribution in [0.5, 0.6) is 0 Å². The molecule has 0 spiro atoms. The lowest BCUT2D eigenvalue weighted by Crippen LogP contribution is -2.45. The molecule has 0 aromatic heterocycles. The van der Waals surface area contributed by atoms with Crippen LogP contribution in [0, 0.1) is 13.8 Å². The Bertz CT molecular complexity index is 754. The number of hydrogen-bond acceptors (Lipinski definition) is 3. The second-order valence-electron chi connectivity index (χ2n) is 7.76.